The predicted octanol–water partition coefficient (Wildman–Crippen LogP) is 2.67. The fourth-order valence-corrected chi connectivity index (χ4v) is 3.34. The minimum Gasteiger partial charge on any atom is -0.378 e. The molecule has 33 heavy (non-hydrogen) atoms. The molecule has 0 saturated heterocycles. The summed E-state index contributed by atoms with van der Waals surface area (Å²) in [6, 6.07) is 9.85. The van der Waals surface area contributed by atoms with Crippen LogP contribution in [0.15, 0.2) is 45.6 Å². The Bertz CT molecular complexity index is 1100. The highest BCUT2D eigenvalue weighted by molar-refractivity contribution is 5.94. The van der Waals surface area contributed by atoms with E-state index >= 15 is 0 Å². The Labute approximate surface area is 192 Å². The van der Waals surface area contributed by atoms with Crippen LogP contribution in [-0.2, 0) is 6.54 Å². The molecule has 0 bridgehead atoms. The molecule has 1 aromatic carbocycles. The molecule has 2 aromatic heterocycles. The Hall–Kier alpha value is -3.86. The van der Waals surface area contributed by atoms with Gasteiger partial charge in [0.1, 0.15) is 0 Å². The minimum atomic E-state index is -0.483. The molecule has 0 aliphatic rings. The monoisotopic (exact) mass is 451 g/mol. The fraction of sp³-hybridized carbons (Fsp3) is 0.364. The van der Waals surface area contributed by atoms with Crippen molar-refractivity contribution >= 4 is 24.0 Å². The van der Waals surface area contributed by atoms with Crippen LogP contribution in [-0.4, -0.2) is 55.4 Å². The highest BCUT2D eigenvalue weighted by atomic mass is 16.6. The third-order valence-electron chi connectivity index (χ3n) is 4.76. The first kappa shape index (κ1) is 23.8. The summed E-state index contributed by atoms with van der Waals surface area (Å²) in [7, 11) is 0. The van der Waals surface area contributed by atoms with Crippen molar-refractivity contribution in [2.24, 2.45) is 5.10 Å². The van der Waals surface area contributed by atoms with E-state index in [-0.39, 0.29) is 17.3 Å². The van der Waals surface area contributed by atoms with Gasteiger partial charge in [-0.2, -0.15) is 9.78 Å². The van der Waals surface area contributed by atoms with Crippen LogP contribution >= 0.6 is 0 Å². The lowest BCUT2D eigenvalue weighted by molar-refractivity contribution is 0.0947. The van der Waals surface area contributed by atoms with E-state index in [1.165, 1.54) is 4.68 Å². The van der Waals surface area contributed by atoms with Crippen molar-refractivity contribution < 1.29 is 9.42 Å². The summed E-state index contributed by atoms with van der Waals surface area (Å²) < 4.78 is 6.10. The Morgan fingerprint density at radius 3 is 2.58 bits per heavy atom. The minimum absolute atomic E-state index is 0.0605. The zero-order valence-electron chi connectivity index (χ0n) is 19.1. The maximum Gasteiger partial charge on any atom is 0.293 e. The number of nitrogens with two attached hydrogens (primary N) is 1. The van der Waals surface area contributed by atoms with E-state index in [0.29, 0.717) is 12.2 Å². The van der Waals surface area contributed by atoms with Gasteiger partial charge in [-0.25, -0.2) is 10.1 Å². The Balaban J connectivity index is 1.82. The number of rotatable bonds is 11. The molecule has 11 heteroatoms. The predicted molar refractivity (Wildman–Crippen MR) is 126 cm³/mol. The molecular weight excluding hydrogens is 422 g/mol. The van der Waals surface area contributed by atoms with Gasteiger partial charge in [0.15, 0.2) is 5.69 Å². The first-order chi connectivity index (χ1) is 16.0. The van der Waals surface area contributed by atoms with E-state index in [4.69, 9.17) is 10.4 Å². The summed E-state index contributed by atoms with van der Waals surface area (Å²) in [6.45, 7) is 8.25. The average molecular weight is 452 g/mol. The summed E-state index contributed by atoms with van der Waals surface area (Å²) in [4.78, 5) is 15.1. The van der Waals surface area contributed by atoms with Crippen LogP contribution < -0.4 is 11.2 Å². The number of nitrogen functional groups attached to an aromatic ring is 1. The number of benzene rings is 1. The first-order valence-corrected chi connectivity index (χ1v) is 10.9. The van der Waals surface area contributed by atoms with E-state index in [2.05, 4.69) is 49.9 Å². The molecule has 1 amide bonds. The van der Waals surface area contributed by atoms with E-state index in [9.17, 15) is 4.79 Å². The molecule has 2 heterocycles. The van der Waals surface area contributed by atoms with E-state index in [1.807, 2.05) is 43.3 Å². The van der Waals surface area contributed by atoms with Crippen molar-refractivity contribution in [3.8, 4) is 5.82 Å². The number of aromatic nitrogens is 5. The van der Waals surface area contributed by atoms with Crippen LogP contribution in [0.5, 0.6) is 0 Å². The normalized spacial score (nSPS) is 12.1. The van der Waals surface area contributed by atoms with E-state index in [0.717, 1.165) is 37.1 Å². The van der Waals surface area contributed by atoms with Gasteiger partial charge in [0.05, 0.1) is 11.9 Å². The number of allylic oxidation sites excluding steroid dienone is 1. The second kappa shape index (κ2) is 11.7. The molecule has 0 aliphatic heterocycles. The van der Waals surface area contributed by atoms with Crippen molar-refractivity contribution in [3.63, 3.8) is 0 Å². The van der Waals surface area contributed by atoms with Gasteiger partial charge in [-0.1, -0.05) is 55.5 Å². The second-order valence-corrected chi connectivity index (χ2v) is 7.54. The number of carbonyl (C=O) groups is 1. The highest BCUT2D eigenvalue weighted by Crippen LogP contribution is 2.18. The molecule has 0 unspecified atom stereocenters. The summed E-state index contributed by atoms with van der Waals surface area (Å²) in [6.07, 6.45) is 5.47. The molecule has 174 valence electrons. The summed E-state index contributed by atoms with van der Waals surface area (Å²) in [5.74, 6) is -0.233. The number of nitrogens with one attached hydrogen (secondary N) is 1. The van der Waals surface area contributed by atoms with Gasteiger partial charge >= 0.3 is 0 Å². The molecule has 11 nitrogen and oxygen atoms in total. The van der Waals surface area contributed by atoms with Crippen LogP contribution in [0.25, 0.3) is 11.9 Å². The maximum atomic E-state index is 12.9. The van der Waals surface area contributed by atoms with Gasteiger partial charge < -0.3 is 5.73 Å². The molecule has 3 aromatic rings. The van der Waals surface area contributed by atoms with Crippen LogP contribution in [0.2, 0.25) is 0 Å². The third-order valence-corrected chi connectivity index (χ3v) is 4.76. The average Bonchev–Trinajstić information content (AvgIpc) is 3.40. The lowest BCUT2D eigenvalue weighted by atomic mass is 10.1. The van der Waals surface area contributed by atoms with Crippen LogP contribution in [0, 0.1) is 0 Å². The van der Waals surface area contributed by atoms with Crippen LogP contribution in [0.4, 0.5) is 5.82 Å². The Morgan fingerprint density at radius 1 is 1.21 bits per heavy atom. The van der Waals surface area contributed by atoms with Crippen molar-refractivity contribution in [1.29, 1.82) is 0 Å². The largest absolute Gasteiger partial charge is 0.378 e. The smallest absolute Gasteiger partial charge is 0.293 e. The highest BCUT2D eigenvalue weighted by Gasteiger charge is 2.25. The number of hydrogen-bond donors (Lipinski definition) is 2. The van der Waals surface area contributed by atoms with Crippen molar-refractivity contribution in [2.75, 3.05) is 18.8 Å². The van der Waals surface area contributed by atoms with Gasteiger partial charge in [0.2, 0.25) is 11.6 Å². The molecule has 0 saturated carbocycles. The van der Waals surface area contributed by atoms with Crippen LogP contribution in [0.1, 0.15) is 55.4 Å². The van der Waals surface area contributed by atoms with Crippen molar-refractivity contribution in [1.82, 2.24) is 35.6 Å². The molecular formula is C22H29N9O2. The van der Waals surface area contributed by atoms with Gasteiger partial charge in [0, 0.05) is 6.54 Å². The zero-order valence-corrected chi connectivity index (χ0v) is 19.1. The second-order valence-electron chi connectivity index (χ2n) is 7.54. The lowest BCUT2D eigenvalue weighted by Crippen LogP contribution is -2.28. The van der Waals surface area contributed by atoms with Gasteiger partial charge in [-0.3, -0.25) is 9.69 Å². The summed E-state index contributed by atoms with van der Waals surface area (Å²) in [5, 5.41) is 19.6. The summed E-state index contributed by atoms with van der Waals surface area (Å²) >= 11 is 0. The Morgan fingerprint density at radius 2 is 1.94 bits per heavy atom. The quantitative estimate of drug-likeness (QED) is 0.335. The van der Waals surface area contributed by atoms with Crippen LogP contribution in [0.3, 0.4) is 0 Å². The standard InChI is InChI=1S/C22H29N9O2/c1-4-11-30(12-5-2)15-18-19(25-29-31(18)21-20(23)27-33-28-21)22(32)26-24-14-16(3)13-17-9-7-6-8-10-17/h6-10,13-14H,4-5,11-12,15H2,1-3H3,(H2,23,27)(H,26,32)/b16-13-,24-14?. The fourth-order valence-electron chi connectivity index (χ4n) is 3.34. The number of anilines is 1. The molecule has 3 rings (SSSR count). The zero-order chi connectivity index (χ0) is 23.6. The van der Waals surface area contributed by atoms with Gasteiger partial charge in [-0.15, -0.1) is 5.10 Å². The summed E-state index contributed by atoms with van der Waals surface area (Å²) in [5.41, 5.74) is 11.0. The molecule has 0 spiro atoms. The van der Waals surface area contributed by atoms with E-state index in [1.54, 1.807) is 6.21 Å². The molecule has 0 atom stereocenters. The number of hydrogen-bond acceptors (Lipinski definition) is 9. The molecule has 3 N–H and O–H groups in total. The molecule has 0 radical (unpaired) electrons. The SMILES string of the molecule is CCCN(CCC)Cc1c(C(=O)NN=C/C(C)=C\c2ccccc2)nnn1-c1nonc1N. The molecule has 0 aliphatic carbocycles. The lowest BCUT2D eigenvalue weighted by Gasteiger charge is -2.21. The van der Waals surface area contributed by atoms with Gasteiger partial charge in [0.25, 0.3) is 5.91 Å². The van der Waals surface area contributed by atoms with Crippen molar-refractivity contribution in [2.45, 2.75) is 40.2 Å². The van der Waals surface area contributed by atoms with Crippen molar-refractivity contribution in [3.05, 3.63) is 52.9 Å². The Kier molecular flexibility index (Phi) is 8.42. The third kappa shape index (κ3) is 6.32. The van der Waals surface area contributed by atoms with E-state index < -0.39 is 5.91 Å². The molecule has 0 fully saturated rings. The number of amides is 1. The number of carbonyl (C=O) groups excluding carboxylic acids is 1. The first-order valence-electron chi connectivity index (χ1n) is 10.9. The number of hydrazone groups is 1. The topological polar surface area (TPSA) is 140 Å². The number of nitrogens with zero attached hydrogens (tertiary/aromatic N) is 7. The van der Waals surface area contributed by atoms with Gasteiger partial charge in [-0.05, 0) is 54.3 Å². The maximum absolute atomic E-state index is 12.9.